The van der Waals surface area contributed by atoms with Crippen molar-refractivity contribution >= 4 is 23.8 Å². The van der Waals surface area contributed by atoms with E-state index in [-0.39, 0.29) is 5.96 Å². The topological polar surface area (TPSA) is 159 Å². The lowest BCUT2D eigenvalue weighted by Gasteiger charge is -2.12. The van der Waals surface area contributed by atoms with Crippen LogP contribution in [0.3, 0.4) is 0 Å². The second-order valence-corrected chi connectivity index (χ2v) is 5.50. The Balaban J connectivity index is 0.000000892. The number of ether oxygens (including phenoxy) is 2. The van der Waals surface area contributed by atoms with Crippen LogP contribution in [0, 0.1) is 10.1 Å². The van der Waals surface area contributed by atoms with Gasteiger partial charge >= 0.3 is 0 Å². The van der Waals surface area contributed by atoms with Crippen molar-refractivity contribution in [2.45, 2.75) is 13.5 Å². The van der Waals surface area contributed by atoms with E-state index in [1.807, 2.05) is 49.4 Å². The minimum absolute atomic E-state index is 0.0980. The molecule has 0 saturated heterocycles. The number of nitrogens with zero attached hydrogens (tertiary/aromatic N) is 3. The normalized spacial score (nSPS) is 9.93. The summed E-state index contributed by atoms with van der Waals surface area (Å²) >= 11 is 5.88. The summed E-state index contributed by atoms with van der Waals surface area (Å²) < 4.78 is 11.5. The van der Waals surface area contributed by atoms with Crippen LogP contribution in [0.4, 0.5) is 0 Å². The Bertz CT molecular complexity index is 819. The van der Waals surface area contributed by atoms with Crippen LogP contribution in [0.2, 0.25) is 5.02 Å². The number of benzene rings is 2. The van der Waals surface area contributed by atoms with Gasteiger partial charge in [-0.1, -0.05) is 23.7 Å². The fourth-order valence-corrected chi connectivity index (χ4v) is 2.02. The summed E-state index contributed by atoms with van der Waals surface area (Å²) in [7, 11) is 0. The Hall–Kier alpha value is -3.53. The molecule has 0 radical (unpaired) electrons. The molecule has 10 nitrogen and oxygen atoms in total. The summed E-state index contributed by atoms with van der Waals surface area (Å²) in [5.74, 6) is 1.17. The summed E-state index contributed by atoms with van der Waals surface area (Å²) in [5, 5.41) is 21.7. The lowest BCUT2D eigenvalue weighted by molar-refractivity contribution is -0.742. The van der Waals surface area contributed by atoms with E-state index in [2.05, 4.69) is 10.2 Å². The average molecular weight is 410 g/mol. The number of nitrogens with two attached hydrogens (primary N) is 2. The molecule has 0 fully saturated rings. The van der Waals surface area contributed by atoms with E-state index in [4.69, 9.17) is 47.9 Å². The van der Waals surface area contributed by atoms with E-state index in [0.717, 1.165) is 11.1 Å². The van der Waals surface area contributed by atoms with Crippen LogP contribution in [0.25, 0.3) is 0 Å². The molecular weight excluding hydrogens is 390 g/mol. The fourth-order valence-electron chi connectivity index (χ4n) is 1.90. The third-order valence-electron chi connectivity index (χ3n) is 2.96. The van der Waals surface area contributed by atoms with Crippen molar-refractivity contribution in [2.75, 3.05) is 6.61 Å². The lowest BCUT2D eigenvalue weighted by atomic mass is 10.2. The highest BCUT2D eigenvalue weighted by Crippen LogP contribution is 2.29. The highest BCUT2D eigenvalue weighted by molar-refractivity contribution is 6.30. The van der Waals surface area contributed by atoms with Gasteiger partial charge in [-0.3, -0.25) is 0 Å². The largest absolute Gasteiger partial charge is 0.490 e. The molecule has 5 N–H and O–H groups in total. The van der Waals surface area contributed by atoms with E-state index < -0.39 is 5.09 Å². The second kappa shape index (κ2) is 12.0. The molecule has 11 heteroatoms. The smallest absolute Gasteiger partial charge is 0.291 e. The Kier molecular flexibility index (Phi) is 9.62. The summed E-state index contributed by atoms with van der Waals surface area (Å²) in [6.45, 7) is 2.84. The van der Waals surface area contributed by atoms with Gasteiger partial charge in [-0.25, -0.2) is 0 Å². The van der Waals surface area contributed by atoms with E-state index >= 15 is 0 Å². The number of hydrogen-bond acceptors (Lipinski definition) is 6. The van der Waals surface area contributed by atoms with Crippen LogP contribution in [0.1, 0.15) is 18.1 Å². The van der Waals surface area contributed by atoms with Gasteiger partial charge in [0.2, 0.25) is 5.96 Å². The van der Waals surface area contributed by atoms with Crippen LogP contribution in [-0.4, -0.2) is 29.1 Å². The molecule has 2 aromatic carbocycles. The monoisotopic (exact) mass is 409 g/mol. The van der Waals surface area contributed by atoms with Crippen molar-refractivity contribution < 1.29 is 19.8 Å². The maximum atomic E-state index is 8.36. The quantitative estimate of drug-likeness (QED) is 0.274. The Morgan fingerprint density at radius 2 is 1.86 bits per heavy atom. The van der Waals surface area contributed by atoms with Crippen molar-refractivity contribution in [1.82, 2.24) is 0 Å². The molecule has 0 unspecified atom stereocenters. The number of rotatable bonds is 7. The standard InChI is InChI=1S/C17H19ClN4O2.HNO3/c1-2-23-16-9-13(10-21-22-17(19)20)5-8-15(16)24-11-12-3-6-14(18)7-4-12;2-1(3)4/h3-10H,2,11H2,1H3,(H4,19,20,22);(H,2,3,4)/b21-10+;. The average Bonchev–Trinajstić information content (AvgIpc) is 2.62. The first-order valence-corrected chi connectivity index (χ1v) is 8.29. The van der Waals surface area contributed by atoms with E-state index in [9.17, 15) is 0 Å². The van der Waals surface area contributed by atoms with Crippen molar-refractivity contribution in [3.8, 4) is 11.5 Å². The molecule has 0 aliphatic carbocycles. The Labute approximate surface area is 166 Å². The summed E-state index contributed by atoms with van der Waals surface area (Å²) in [6.07, 6.45) is 1.53. The van der Waals surface area contributed by atoms with E-state index in [1.165, 1.54) is 6.21 Å². The molecule has 2 rings (SSSR count). The summed E-state index contributed by atoms with van der Waals surface area (Å²) in [6, 6.07) is 13.0. The SMILES string of the molecule is CCOc1cc(/C=N/N=C(N)N)ccc1OCc1ccc(Cl)cc1.O=[N+]([O-])O. The molecule has 0 aliphatic rings. The van der Waals surface area contributed by atoms with Crippen LogP contribution in [0.5, 0.6) is 11.5 Å². The first kappa shape index (κ1) is 22.5. The lowest BCUT2D eigenvalue weighted by Crippen LogP contribution is -2.21. The van der Waals surface area contributed by atoms with Gasteiger partial charge in [0.15, 0.2) is 11.5 Å². The summed E-state index contributed by atoms with van der Waals surface area (Å²) in [5.41, 5.74) is 12.3. The highest BCUT2D eigenvalue weighted by Gasteiger charge is 2.06. The third kappa shape index (κ3) is 9.25. The van der Waals surface area contributed by atoms with Gasteiger partial charge in [0, 0.05) is 5.02 Å². The number of hydrogen-bond donors (Lipinski definition) is 3. The van der Waals surface area contributed by atoms with Gasteiger partial charge in [-0.2, -0.15) is 5.10 Å². The number of halogens is 1. The molecule has 2 aromatic rings. The van der Waals surface area contributed by atoms with Gasteiger partial charge in [-0.15, -0.1) is 15.2 Å². The minimum atomic E-state index is -1.50. The first-order valence-electron chi connectivity index (χ1n) is 7.91. The molecule has 0 amide bonds. The molecule has 0 saturated carbocycles. The van der Waals surface area contributed by atoms with Gasteiger partial charge in [0.1, 0.15) is 6.61 Å². The fraction of sp³-hybridized carbons (Fsp3) is 0.176. The third-order valence-corrected chi connectivity index (χ3v) is 3.21. The zero-order valence-corrected chi connectivity index (χ0v) is 15.7. The highest BCUT2D eigenvalue weighted by atomic mass is 35.5. The minimum Gasteiger partial charge on any atom is -0.490 e. The predicted octanol–water partition coefficient (Wildman–Crippen LogP) is 2.58. The van der Waals surface area contributed by atoms with Crippen LogP contribution in [-0.2, 0) is 6.61 Å². The molecule has 0 atom stereocenters. The molecule has 0 heterocycles. The van der Waals surface area contributed by atoms with Crippen molar-refractivity contribution in [3.63, 3.8) is 0 Å². The molecule has 0 aromatic heterocycles. The van der Waals surface area contributed by atoms with E-state index in [1.54, 1.807) is 0 Å². The molecular formula is C17H20ClN5O5. The van der Waals surface area contributed by atoms with Crippen LogP contribution < -0.4 is 20.9 Å². The number of guanidine groups is 1. The molecule has 150 valence electrons. The maximum Gasteiger partial charge on any atom is 0.291 e. The first-order chi connectivity index (χ1) is 13.3. The molecule has 0 aliphatic heterocycles. The molecule has 0 spiro atoms. The van der Waals surface area contributed by atoms with Gasteiger partial charge in [0.25, 0.3) is 5.09 Å². The van der Waals surface area contributed by atoms with Crippen molar-refractivity contribution in [1.29, 1.82) is 0 Å². The predicted molar refractivity (Wildman–Crippen MR) is 106 cm³/mol. The van der Waals surface area contributed by atoms with Crippen molar-refractivity contribution in [2.24, 2.45) is 21.7 Å². The van der Waals surface area contributed by atoms with Crippen LogP contribution >= 0.6 is 11.6 Å². The zero-order chi connectivity index (χ0) is 20.9. The second-order valence-electron chi connectivity index (χ2n) is 5.06. The molecule has 28 heavy (non-hydrogen) atoms. The zero-order valence-electron chi connectivity index (χ0n) is 15.0. The van der Waals surface area contributed by atoms with Gasteiger partial charge < -0.3 is 26.1 Å². The Morgan fingerprint density at radius 1 is 1.21 bits per heavy atom. The van der Waals surface area contributed by atoms with Gasteiger partial charge in [-0.05, 0) is 48.4 Å². The van der Waals surface area contributed by atoms with Crippen molar-refractivity contribution in [3.05, 3.63) is 68.7 Å². The van der Waals surface area contributed by atoms with E-state index in [0.29, 0.717) is 29.7 Å². The van der Waals surface area contributed by atoms with Gasteiger partial charge in [0.05, 0.1) is 12.8 Å². The van der Waals surface area contributed by atoms with Crippen LogP contribution in [0.15, 0.2) is 52.7 Å². The molecule has 0 bridgehead atoms. The summed E-state index contributed by atoms with van der Waals surface area (Å²) in [4.78, 5) is 8.36. The maximum absolute atomic E-state index is 8.36. The Morgan fingerprint density at radius 3 is 2.43 bits per heavy atom.